The van der Waals surface area contributed by atoms with Crippen LogP contribution in [0, 0.1) is 12.3 Å². The normalized spacial score (nSPS) is 11.5. The average Bonchev–Trinajstić information content (AvgIpc) is 2.85. The summed E-state index contributed by atoms with van der Waals surface area (Å²) in [7, 11) is 0. The molecule has 0 atom stereocenters. The summed E-state index contributed by atoms with van der Waals surface area (Å²) < 4.78 is 2.01. The van der Waals surface area contributed by atoms with Gasteiger partial charge in [0.05, 0.1) is 5.69 Å². The van der Waals surface area contributed by atoms with Gasteiger partial charge in [-0.15, -0.1) is 5.10 Å². The number of nitrogens with zero attached hydrogens (tertiary/aromatic N) is 3. The van der Waals surface area contributed by atoms with Crippen molar-refractivity contribution in [1.82, 2.24) is 15.0 Å². The zero-order chi connectivity index (χ0) is 15.6. The second kappa shape index (κ2) is 12.3. The summed E-state index contributed by atoms with van der Waals surface area (Å²) in [5, 5.41) is 8.48. The van der Waals surface area contributed by atoms with Gasteiger partial charge in [0, 0.05) is 33.8 Å². The zero-order valence-corrected chi connectivity index (χ0v) is 17.7. The fourth-order valence-corrected chi connectivity index (χ4v) is 2.50. The molecule has 0 bridgehead atoms. The van der Waals surface area contributed by atoms with E-state index in [0.29, 0.717) is 5.41 Å². The maximum absolute atomic E-state index is 4.26. The molecule has 0 saturated heterocycles. The molecule has 128 valence electrons. The van der Waals surface area contributed by atoms with E-state index in [1.807, 2.05) is 4.68 Å². The Balaban J connectivity index is 0.00000441. The van der Waals surface area contributed by atoms with Crippen LogP contribution in [0.3, 0.4) is 0 Å². The summed E-state index contributed by atoms with van der Waals surface area (Å²) in [4.78, 5) is 0. The first-order valence-electron chi connectivity index (χ1n) is 8.69. The van der Waals surface area contributed by atoms with Crippen LogP contribution >= 0.6 is 0 Å². The molecule has 3 nitrogen and oxygen atoms in total. The molecule has 1 aromatic rings. The Morgan fingerprint density at radius 3 is 2.36 bits per heavy atom. The molecule has 0 saturated carbocycles. The first-order valence-corrected chi connectivity index (χ1v) is 8.69. The van der Waals surface area contributed by atoms with Crippen molar-refractivity contribution < 1.29 is 21.1 Å². The van der Waals surface area contributed by atoms with Crippen LogP contribution in [0.1, 0.15) is 84.3 Å². The van der Waals surface area contributed by atoms with Crippen molar-refractivity contribution in [1.29, 1.82) is 0 Å². The van der Waals surface area contributed by atoms with Gasteiger partial charge >= 0.3 is 0 Å². The van der Waals surface area contributed by atoms with Gasteiger partial charge in [-0.2, -0.15) is 6.42 Å². The van der Waals surface area contributed by atoms with Gasteiger partial charge in [-0.25, -0.2) is 0 Å². The minimum absolute atomic E-state index is 0. The van der Waals surface area contributed by atoms with E-state index in [4.69, 9.17) is 0 Å². The van der Waals surface area contributed by atoms with Crippen LogP contribution in [0.5, 0.6) is 0 Å². The molecule has 1 rings (SSSR count). The van der Waals surface area contributed by atoms with Crippen LogP contribution in [0.15, 0.2) is 6.20 Å². The molecule has 0 spiro atoms. The second-order valence-electron chi connectivity index (χ2n) is 7.36. The summed E-state index contributed by atoms with van der Waals surface area (Å²) in [6.45, 7) is 11.8. The molecule has 0 aliphatic heterocycles. The van der Waals surface area contributed by atoms with Crippen LogP contribution in [-0.2, 0) is 34.0 Å². The maximum atomic E-state index is 4.26. The predicted molar refractivity (Wildman–Crippen MR) is 90.1 cm³/mol. The molecule has 22 heavy (non-hydrogen) atoms. The third-order valence-corrected chi connectivity index (χ3v) is 3.83. The van der Waals surface area contributed by atoms with Crippen LogP contribution in [-0.4, -0.2) is 15.0 Å². The molecule has 0 N–H and O–H groups in total. The number of rotatable bonds is 11. The molecule has 0 aliphatic carbocycles. The topological polar surface area (TPSA) is 30.7 Å². The number of hydrogen-bond donors (Lipinski definition) is 0. The van der Waals surface area contributed by atoms with Gasteiger partial charge in [0.25, 0.3) is 0 Å². The first-order chi connectivity index (χ1) is 10.0. The summed E-state index contributed by atoms with van der Waals surface area (Å²) in [5.74, 6) is 0. The number of aryl methyl sites for hydroxylation is 2. The molecule has 0 radical (unpaired) electrons. The molecule has 1 aromatic heterocycles. The zero-order valence-electron chi connectivity index (χ0n) is 14.8. The fraction of sp³-hybridized carbons (Fsp3) is 0.833. The monoisotopic (exact) mass is 476 g/mol. The first kappa shape index (κ1) is 21.8. The Morgan fingerprint density at radius 2 is 1.68 bits per heavy atom. The molecule has 1 heterocycles. The van der Waals surface area contributed by atoms with Gasteiger partial charge in [-0.05, 0) is 31.1 Å². The van der Waals surface area contributed by atoms with E-state index in [0.717, 1.165) is 25.1 Å². The molecule has 0 amide bonds. The van der Waals surface area contributed by atoms with E-state index < -0.39 is 0 Å². The van der Waals surface area contributed by atoms with Crippen molar-refractivity contribution in [2.24, 2.45) is 5.41 Å². The summed E-state index contributed by atoms with van der Waals surface area (Å²) in [6.07, 6.45) is 14.4. The number of aromatic nitrogens is 3. The fourth-order valence-electron chi connectivity index (χ4n) is 2.50. The van der Waals surface area contributed by atoms with Crippen molar-refractivity contribution in [3.8, 4) is 0 Å². The quantitative estimate of drug-likeness (QED) is 0.325. The summed E-state index contributed by atoms with van der Waals surface area (Å²) in [6, 6.07) is 0. The summed E-state index contributed by atoms with van der Waals surface area (Å²) in [5.41, 5.74) is 1.63. The third-order valence-electron chi connectivity index (χ3n) is 3.83. The Morgan fingerprint density at radius 1 is 1.00 bits per heavy atom. The SMILES string of the molecule is [CH2-]CCCCCc1cn(CCCCCCC(C)(C)C)nn1.[W]. The van der Waals surface area contributed by atoms with Gasteiger partial charge in [-0.3, -0.25) is 4.68 Å². The summed E-state index contributed by atoms with van der Waals surface area (Å²) >= 11 is 0. The van der Waals surface area contributed by atoms with Crippen molar-refractivity contribution in [3.05, 3.63) is 18.8 Å². The van der Waals surface area contributed by atoms with Crippen molar-refractivity contribution >= 4 is 0 Å². The smallest absolute Gasteiger partial charge is 0.0827 e. The van der Waals surface area contributed by atoms with E-state index in [1.54, 1.807) is 0 Å². The van der Waals surface area contributed by atoms with E-state index in [-0.39, 0.29) is 21.1 Å². The largest absolute Gasteiger partial charge is 0.343 e. The van der Waals surface area contributed by atoms with Gasteiger partial charge in [0.15, 0.2) is 0 Å². The van der Waals surface area contributed by atoms with Crippen molar-refractivity contribution in [2.75, 3.05) is 0 Å². The molecule has 0 aliphatic rings. The van der Waals surface area contributed by atoms with Crippen molar-refractivity contribution in [2.45, 2.75) is 91.5 Å². The van der Waals surface area contributed by atoms with Gasteiger partial charge < -0.3 is 6.92 Å². The Labute approximate surface area is 151 Å². The standard InChI is InChI=1S/C18H34N3.W/c1-5-6-7-10-13-17-16-21(20-19-17)15-12-9-8-11-14-18(2,3)4;/h16H,1,5-15H2,2-4H3;/q-1;. The Bertz CT molecular complexity index is 369. The van der Waals surface area contributed by atoms with Gasteiger partial charge in [0.1, 0.15) is 0 Å². The van der Waals surface area contributed by atoms with E-state index >= 15 is 0 Å². The molecular formula is C18H34N3W-. The molecular weight excluding hydrogens is 442 g/mol. The minimum atomic E-state index is 0. The molecule has 4 heteroatoms. The predicted octanol–water partition coefficient (Wildman–Crippen LogP) is 5.21. The van der Waals surface area contributed by atoms with Crippen LogP contribution in [0.25, 0.3) is 0 Å². The van der Waals surface area contributed by atoms with E-state index in [2.05, 4.69) is 44.2 Å². The minimum Gasteiger partial charge on any atom is -0.343 e. The molecule has 0 aromatic carbocycles. The van der Waals surface area contributed by atoms with Crippen molar-refractivity contribution in [3.63, 3.8) is 0 Å². The number of unbranched alkanes of at least 4 members (excludes halogenated alkanes) is 6. The molecule has 0 unspecified atom stereocenters. The average molecular weight is 476 g/mol. The number of hydrogen-bond acceptors (Lipinski definition) is 2. The van der Waals surface area contributed by atoms with Crippen LogP contribution < -0.4 is 0 Å². The van der Waals surface area contributed by atoms with Crippen LogP contribution in [0.2, 0.25) is 0 Å². The van der Waals surface area contributed by atoms with Gasteiger partial charge in [-0.1, -0.05) is 58.1 Å². The van der Waals surface area contributed by atoms with Crippen LogP contribution in [0.4, 0.5) is 0 Å². The maximum Gasteiger partial charge on any atom is 0.0827 e. The third kappa shape index (κ3) is 11.4. The van der Waals surface area contributed by atoms with E-state index in [9.17, 15) is 0 Å². The second-order valence-corrected chi connectivity index (χ2v) is 7.36. The van der Waals surface area contributed by atoms with Gasteiger partial charge in [0.2, 0.25) is 0 Å². The van der Waals surface area contributed by atoms with E-state index in [1.165, 1.54) is 51.4 Å². The molecule has 0 fully saturated rings. The Hall–Kier alpha value is -0.172. The Kier molecular flexibility index (Phi) is 12.2.